The highest BCUT2D eigenvalue weighted by Crippen LogP contribution is 2.48. The van der Waals surface area contributed by atoms with Crippen molar-refractivity contribution in [3.63, 3.8) is 0 Å². The van der Waals surface area contributed by atoms with E-state index in [9.17, 15) is 57.2 Å². The fourth-order valence-electron chi connectivity index (χ4n) is 16.2. The predicted molar refractivity (Wildman–Crippen MR) is 465 cm³/mol. The Morgan fingerprint density at radius 1 is 0.344 bits per heavy atom. The zero-order chi connectivity index (χ0) is 90.0. The molecule has 0 saturated carbocycles. The number of aromatic hydroxyl groups is 4. The fourth-order valence-corrected chi connectivity index (χ4v) is 17.4. The van der Waals surface area contributed by atoms with Gasteiger partial charge in [-0.15, -0.1) is 0 Å². The van der Waals surface area contributed by atoms with Crippen molar-refractivity contribution in [1.29, 1.82) is 0 Å². The van der Waals surface area contributed by atoms with Crippen molar-refractivity contribution in [1.82, 2.24) is 59.5 Å². The van der Waals surface area contributed by atoms with E-state index in [4.69, 9.17) is 46.4 Å². The van der Waals surface area contributed by atoms with Gasteiger partial charge in [0.15, 0.2) is 23.3 Å². The van der Waals surface area contributed by atoms with Gasteiger partial charge in [-0.1, -0.05) is 97.0 Å². The Kier molecular flexibility index (Phi) is 27.0. The normalized spacial score (nSPS) is 17.1. The van der Waals surface area contributed by atoms with Crippen LogP contribution in [0.25, 0.3) is 88.1 Å². The number of hydrogen-bond acceptors (Lipinski definition) is 20. The molecule has 0 unspecified atom stereocenters. The van der Waals surface area contributed by atoms with Gasteiger partial charge in [-0.3, -0.25) is 19.2 Å². The first kappa shape index (κ1) is 89.7. The van der Waals surface area contributed by atoms with Gasteiger partial charge in [0.05, 0.1) is 42.3 Å². The number of benzene rings is 8. The van der Waals surface area contributed by atoms with E-state index >= 15 is 17.6 Å². The molecule has 24 nitrogen and oxygen atoms in total. The summed E-state index contributed by atoms with van der Waals surface area (Å²) >= 11 is 25.5. The van der Waals surface area contributed by atoms with Crippen LogP contribution in [0.5, 0.6) is 23.0 Å². The van der Waals surface area contributed by atoms with Crippen molar-refractivity contribution in [2.45, 2.75) is 64.8 Å². The lowest BCUT2D eigenvalue weighted by Gasteiger charge is -2.44. The van der Waals surface area contributed by atoms with E-state index in [2.05, 4.69) is 66.2 Å². The van der Waals surface area contributed by atoms with E-state index in [1.807, 2.05) is 54.2 Å². The molecule has 4 N–H and O–H groups in total. The van der Waals surface area contributed by atoms with Crippen LogP contribution in [-0.2, 0) is 19.2 Å². The molecule has 36 heteroatoms. The van der Waals surface area contributed by atoms with Crippen LogP contribution in [0, 0.1) is 46.5 Å². The largest absolute Gasteiger partial charge is 0.507 e. The first-order valence-electron chi connectivity index (χ1n) is 38.9. The molecule has 646 valence electrons. The van der Waals surface area contributed by atoms with Crippen LogP contribution in [0.15, 0.2) is 173 Å². The van der Waals surface area contributed by atoms with Crippen LogP contribution in [0.4, 0.5) is 58.4 Å². The Morgan fingerprint density at radius 3 is 0.920 bits per heavy atom. The zero-order valence-electron chi connectivity index (χ0n) is 67.5. The van der Waals surface area contributed by atoms with Crippen molar-refractivity contribution < 1.29 is 74.7 Å². The summed E-state index contributed by atoms with van der Waals surface area (Å²) < 4.78 is 120. The summed E-state index contributed by atoms with van der Waals surface area (Å²) in [5, 5.41) is 41.6. The van der Waals surface area contributed by atoms with Gasteiger partial charge in [-0.2, -0.15) is 0 Å². The molecule has 125 heavy (non-hydrogen) atoms. The van der Waals surface area contributed by atoms with Crippen molar-refractivity contribution >= 4 is 137 Å². The molecule has 0 spiro atoms. The third-order valence-corrected chi connectivity index (χ3v) is 23.2. The number of aromatic nitrogens is 8. The van der Waals surface area contributed by atoms with Gasteiger partial charge in [0, 0.05) is 146 Å². The molecular weight excluding hydrogens is 1710 g/mol. The molecule has 8 heterocycles. The average molecular weight is 1790 g/mol. The summed E-state index contributed by atoms with van der Waals surface area (Å²) in [7, 11) is 0. The van der Waals surface area contributed by atoms with E-state index in [1.54, 1.807) is 19.6 Å². The maximum Gasteiger partial charge on any atom is 0.246 e. The Morgan fingerprint density at radius 2 is 0.632 bits per heavy atom. The number of phenols is 4. The van der Waals surface area contributed by atoms with Gasteiger partial charge >= 0.3 is 0 Å². The van der Waals surface area contributed by atoms with Crippen LogP contribution in [0.3, 0.4) is 0 Å². The minimum absolute atomic E-state index is 0.0377. The third kappa shape index (κ3) is 17.6. The second-order valence-electron chi connectivity index (χ2n) is 29.7. The van der Waals surface area contributed by atoms with Crippen LogP contribution < -0.4 is 19.6 Å². The SMILES string of the molecule is C=CC(=O)N1CCN(c2ncnc3c(F)c(-c4c(O)cccc4F)c(Cl)cc23)C[C@H]1C.C=CC(=O)N1CCN(c2ncnc3c(F)c(-c4c(O)cccc4F)c(Cl)cc23)[C@@H](C)C1.C=CC(=O)N1CCN(c2ncnc3c(F)c(-c4c(O)cccc4F)c(Cl)cc23)[C@@H](C)C1.C=CC(=O)N1[C@H](C)CN(c2ncnc3c(F)c(-c4c(O)cccc4F)c(Cl)cc23)C[C@H]1C. The van der Waals surface area contributed by atoms with Crippen molar-refractivity contribution in [2.75, 3.05) is 91.6 Å². The molecule has 4 aliphatic heterocycles. The topological polar surface area (TPSA) is 278 Å². The molecule has 4 amide bonds. The van der Waals surface area contributed by atoms with Crippen LogP contribution in [-0.4, -0.2) is 206 Å². The lowest BCUT2D eigenvalue weighted by molar-refractivity contribution is -0.131. The summed E-state index contributed by atoms with van der Waals surface area (Å²) in [6.45, 7) is 28.8. The van der Waals surface area contributed by atoms with E-state index in [0.717, 1.165) is 24.3 Å². The quantitative estimate of drug-likeness (QED) is 0.0653. The Labute approximate surface area is 730 Å². The second-order valence-corrected chi connectivity index (χ2v) is 31.4. The van der Waals surface area contributed by atoms with Gasteiger partial charge < -0.3 is 59.6 Å². The summed E-state index contributed by atoms with van der Waals surface area (Å²) in [6, 6.07) is 20.1. The molecule has 4 aromatic heterocycles. The number of phenolic OH excluding ortho intramolecular Hbond substituents is 4. The molecule has 4 fully saturated rings. The average Bonchev–Trinajstić information content (AvgIpc) is 0.745. The molecule has 8 aromatic carbocycles. The molecular formula is C89H78Cl4F8N16O8. The van der Waals surface area contributed by atoms with Crippen molar-refractivity contribution in [3.05, 3.63) is 240 Å². The van der Waals surface area contributed by atoms with Gasteiger partial charge in [-0.05, 0) is 132 Å². The van der Waals surface area contributed by atoms with Crippen LogP contribution in [0.1, 0.15) is 34.6 Å². The first-order valence-corrected chi connectivity index (χ1v) is 40.4. The number of nitrogens with zero attached hydrogens (tertiary/aromatic N) is 16. The third-order valence-electron chi connectivity index (χ3n) is 22.0. The zero-order valence-corrected chi connectivity index (χ0v) is 70.5. The number of piperazine rings is 4. The van der Waals surface area contributed by atoms with E-state index in [-0.39, 0.29) is 141 Å². The van der Waals surface area contributed by atoms with E-state index in [0.29, 0.717) is 117 Å². The van der Waals surface area contributed by atoms with E-state index in [1.165, 1.54) is 122 Å². The number of carbonyl (C=O) groups is 4. The standard InChI is InChI=1S/C23H21ClF2N4O2.3C22H19ClF2N4O2/c1-4-18(32)30-12(2)9-29(10-13(30)3)23-14-8-15(24)19(21(26)22(14)27-11-28-23)20-16(25)6-5-7-17(20)31;1-3-17(31)29-8-7-28(10-12(29)2)22-13-9-14(23)18(20(25)21(13)26-11-27-22)19-15(24)5-4-6-16(19)30;2*1-3-17(31)28-7-8-29(12(2)10-28)22-13-9-14(23)18(20(25)21(13)26-11-27-22)19-15(24)5-4-6-16(19)30/h4-8,11-13,31H,1,9-10H2,2-3H3;3*3-6,9,11-12,30H,1,7-8,10H2,2H3/t12-,13-;3*12-/m1100/s1. The predicted octanol–water partition coefficient (Wildman–Crippen LogP) is 17.0. The molecule has 12 aromatic rings. The molecule has 0 aliphatic carbocycles. The minimum atomic E-state index is -0.849. The van der Waals surface area contributed by atoms with Gasteiger partial charge in [0.25, 0.3) is 0 Å². The molecule has 5 atom stereocenters. The molecule has 4 aliphatic rings. The summed E-state index contributed by atoms with van der Waals surface area (Å²) in [5.41, 5.74) is -2.49. The molecule has 0 radical (unpaired) electrons. The second kappa shape index (κ2) is 37.6. The smallest absolute Gasteiger partial charge is 0.246 e. The molecule has 16 rings (SSSR count). The summed E-state index contributed by atoms with van der Waals surface area (Å²) in [6.07, 6.45) is 10.0. The molecule has 4 saturated heterocycles. The summed E-state index contributed by atoms with van der Waals surface area (Å²) in [4.78, 5) is 96.2. The number of rotatable bonds is 12. The highest BCUT2D eigenvalue weighted by molar-refractivity contribution is 6.36. The maximum absolute atomic E-state index is 15.6. The Hall–Kier alpha value is -13.0. The Bertz CT molecular complexity index is 6070. The lowest BCUT2D eigenvalue weighted by Crippen LogP contribution is -2.58. The molecule has 0 bridgehead atoms. The monoisotopic (exact) mass is 1790 g/mol. The van der Waals surface area contributed by atoms with Crippen molar-refractivity contribution in [2.24, 2.45) is 0 Å². The number of anilines is 4. The highest BCUT2D eigenvalue weighted by atomic mass is 35.5. The number of amides is 4. The van der Waals surface area contributed by atoms with Crippen LogP contribution >= 0.6 is 46.4 Å². The number of fused-ring (bicyclic) bond motifs is 4. The number of halogens is 12. The lowest BCUT2D eigenvalue weighted by atomic mass is 10.0. The first-order chi connectivity index (χ1) is 59.7. The Balaban J connectivity index is 0.000000143. The summed E-state index contributed by atoms with van der Waals surface area (Å²) in [5.74, 6) is -7.04. The van der Waals surface area contributed by atoms with Gasteiger partial charge in [0.1, 0.15) is 117 Å². The van der Waals surface area contributed by atoms with E-state index < -0.39 is 69.5 Å². The van der Waals surface area contributed by atoms with Crippen molar-refractivity contribution in [3.8, 4) is 67.5 Å². The van der Waals surface area contributed by atoms with Crippen LogP contribution in [0.2, 0.25) is 20.1 Å². The highest BCUT2D eigenvalue weighted by Gasteiger charge is 2.38. The van der Waals surface area contributed by atoms with Gasteiger partial charge in [-0.25, -0.2) is 75.0 Å². The maximum atomic E-state index is 15.6. The number of hydrogen-bond donors (Lipinski definition) is 4. The number of carbonyl (C=O) groups excluding carboxylic acids is 4. The minimum Gasteiger partial charge on any atom is -0.507 e. The van der Waals surface area contributed by atoms with Gasteiger partial charge in [0.2, 0.25) is 23.6 Å². The fraction of sp³-hybridized carbons (Fsp3) is 0.236.